The first-order chi connectivity index (χ1) is 8.10. The highest BCUT2D eigenvalue weighted by atomic mass is 32.2. The van der Waals surface area contributed by atoms with Crippen molar-refractivity contribution < 1.29 is 5.11 Å². The molecule has 0 aliphatic rings. The topological polar surface area (TPSA) is 46.2 Å². The summed E-state index contributed by atoms with van der Waals surface area (Å²) in [5.41, 5.74) is 8.79. The molecule has 3 atom stereocenters. The van der Waals surface area contributed by atoms with Gasteiger partial charge in [0.2, 0.25) is 0 Å². The Bertz CT molecular complexity index is 343. The van der Waals surface area contributed by atoms with Crippen molar-refractivity contribution in [2.24, 2.45) is 5.73 Å². The van der Waals surface area contributed by atoms with Crippen LogP contribution in [0.15, 0.2) is 24.3 Å². The second kappa shape index (κ2) is 7.04. The highest BCUT2D eigenvalue weighted by Gasteiger charge is 2.22. The molecular formula is C14H23NOS. The molecule has 96 valence electrons. The van der Waals surface area contributed by atoms with E-state index < -0.39 is 0 Å². The number of aryl methyl sites for hydroxylation is 1. The summed E-state index contributed by atoms with van der Waals surface area (Å²) in [6.07, 6.45) is 0.949. The van der Waals surface area contributed by atoms with Crippen LogP contribution in [0.1, 0.15) is 36.6 Å². The molecule has 0 saturated heterocycles. The lowest BCUT2D eigenvalue weighted by molar-refractivity contribution is 0.299. The van der Waals surface area contributed by atoms with Gasteiger partial charge in [0.25, 0.3) is 0 Å². The van der Waals surface area contributed by atoms with E-state index in [4.69, 9.17) is 5.73 Å². The van der Waals surface area contributed by atoms with Gasteiger partial charge in [-0.2, -0.15) is 0 Å². The Kier molecular flexibility index (Phi) is 6.03. The first kappa shape index (κ1) is 14.6. The van der Waals surface area contributed by atoms with Crippen LogP contribution in [-0.4, -0.2) is 23.0 Å². The van der Waals surface area contributed by atoms with Gasteiger partial charge in [0.1, 0.15) is 0 Å². The normalized spacial score (nSPS) is 16.5. The number of aliphatic hydroxyl groups excluding tert-OH is 1. The average Bonchev–Trinajstić information content (AvgIpc) is 2.35. The van der Waals surface area contributed by atoms with E-state index in [-0.39, 0.29) is 23.1 Å². The highest BCUT2D eigenvalue weighted by molar-refractivity contribution is 8.00. The molecule has 0 bridgehead atoms. The molecule has 0 aliphatic carbocycles. The third-order valence-electron chi connectivity index (χ3n) is 2.99. The van der Waals surface area contributed by atoms with Gasteiger partial charge in [-0.3, -0.25) is 0 Å². The molecule has 0 heterocycles. The van der Waals surface area contributed by atoms with Crippen LogP contribution in [0.2, 0.25) is 0 Å². The Morgan fingerprint density at radius 3 is 2.53 bits per heavy atom. The SMILES string of the molecule is CCC(N)C(SC(C)CO)c1ccccc1C. The summed E-state index contributed by atoms with van der Waals surface area (Å²) in [6, 6.07) is 8.51. The number of hydrogen-bond acceptors (Lipinski definition) is 3. The predicted octanol–water partition coefficient (Wildman–Crippen LogP) is 2.89. The molecule has 3 unspecified atom stereocenters. The molecule has 3 N–H and O–H groups in total. The molecule has 1 aromatic carbocycles. The highest BCUT2D eigenvalue weighted by Crippen LogP contribution is 2.36. The zero-order valence-electron chi connectivity index (χ0n) is 10.9. The Morgan fingerprint density at radius 1 is 1.35 bits per heavy atom. The fourth-order valence-electron chi connectivity index (χ4n) is 1.82. The van der Waals surface area contributed by atoms with Crippen LogP contribution < -0.4 is 5.73 Å². The molecule has 0 fully saturated rings. The third-order valence-corrected chi connectivity index (χ3v) is 4.50. The average molecular weight is 253 g/mol. The van der Waals surface area contributed by atoms with Gasteiger partial charge in [-0.25, -0.2) is 0 Å². The van der Waals surface area contributed by atoms with Crippen molar-refractivity contribution in [3.05, 3.63) is 35.4 Å². The largest absolute Gasteiger partial charge is 0.395 e. The van der Waals surface area contributed by atoms with Crippen LogP contribution in [0.25, 0.3) is 0 Å². The fourth-order valence-corrected chi connectivity index (χ4v) is 3.21. The summed E-state index contributed by atoms with van der Waals surface area (Å²) in [5.74, 6) is 0. The standard InChI is InChI=1S/C14H23NOS/c1-4-13(15)14(17-11(3)9-16)12-8-6-5-7-10(12)2/h5-8,11,13-14,16H,4,9,15H2,1-3H3. The van der Waals surface area contributed by atoms with Crippen molar-refractivity contribution >= 4 is 11.8 Å². The van der Waals surface area contributed by atoms with Crippen molar-refractivity contribution in [3.63, 3.8) is 0 Å². The minimum absolute atomic E-state index is 0.134. The molecule has 0 radical (unpaired) electrons. The van der Waals surface area contributed by atoms with Crippen molar-refractivity contribution in [1.82, 2.24) is 0 Å². The predicted molar refractivity (Wildman–Crippen MR) is 76.3 cm³/mol. The zero-order valence-corrected chi connectivity index (χ0v) is 11.7. The molecule has 17 heavy (non-hydrogen) atoms. The van der Waals surface area contributed by atoms with Gasteiger partial charge in [-0.15, -0.1) is 11.8 Å². The number of hydrogen-bond donors (Lipinski definition) is 2. The maximum atomic E-state index is 9.19. The van der Waals surface area contributed by atoms with E-state index in [1.807, 2.05) is 13.0 Å². The van der Waals surface area contributed by atoms with E-state index >= 15 is 0 Å². The molecule has 0 spiro atoms. The summed E-state index contributed by atoms with van der Waals surface area (Å²) >= 11 is 1.77. The van der Waals surface area contributed by atoms with Crippen LogP contribution >= 0.6 is 11.8 Å². The minimum Gasteiger partial charge on any atom is -0.395 e. The Labute approximate surface area is 109 Å². The number of benzene rings is 1. The molecular weight excluding hydrogens is 230 g/mol. The molecule has 0 aliphatic heterocycles. The Hall–Kier alpha value is -0.510. The second-order valence-corrected chi connectivity index (χ2v) is 6.06. The van der Waals surface area contributed by atoms with Crippen LogP contribution in [-0.2, 0) is 0 Å². The van der Waals surface area contributed by atoms with Crippen molar-refractivity contribution in [3.8, 4) is 0 Å². The van der Waals surface area contributed by atoms with Gasteiger partial charge in [0, 0.05) is 16.5 Å². The zero-order chi connectivity index (χ0) is 12.8. The summed E-state index contributed by atoms with van der Waals surface area (Å²) in [4.78, 5) is 0. The van der Waals surface area contributed by atoms with Crippen molar-refractivity contribution in [2.45, 2.75) is 43.7 Å². The lowest BCUT2D eigenvalue weighted by atomic mass is 10.00. The number of thioether (sulfide) groups is 1. The molecule has 1 rings (SSSR count). The lowest BCUT2D eigenvalue weighted by Gasteiger charge is -2.26. The quantitative estimate of drug-likeness (QED) is 0.819. The molecule has 0 aromatic heterocycles. The summed E-state index contributed by atoms with van der Waals surface area (Å²) in [7, 11) is 0. The fraction of sp³-hybridized carbons (Fsp3) is 0.571. The Balaban J connectivity index is 2.94. The van der Waals surface area contributed by atoms with E-state index in [0.29, 0.717) is 0 Å². The van der Waals surface area contributed by atoms with Crippen molar-refractivity contribution in [2.75, 3.05) is 6.61 Å². The van der Waals surface area contributed by atoms with Gasteiger partial charge in [-0.1, -0.05) is 38.1 Å². The first-order valence-corrected chi connectivity index (χ1v) is 7.11. The third kappa shape index (κ3) is 4.02. The van der Waals surface area contributed by atoms with Gasteiger partial charge in [0.15, 0.2) is 0 Å². The smallest absolute Gasteiger partial charge is 0.0547 e. The summed E-state index contributed by atoms with van der Waals surface area (Å²) in [5, 5.41) is 9.68. The maximum absolute atomic E-state index is 9.19. The lowest BCUT2D eigenvalue weighted by Crippen LogP contribution is -2.27. The van der Waals surface area contributed by atoms with E-state index in [0.717, 1.165) is 6.42 Å². The molecule has 3 heteroatoms. The first-order valence-electron chi connectivity index (χ1n) is 6.17. The number of rotatable bonds is 6. The minimum atomic E-state index is 0.134. The molecule has 1 aromatic rings. The van der Waals surface area contributed by atoms with Crippen LogP contribution in [0.3, 0.4) is 0 Å². The molecule has 0 amide bonds. The van der Waals surface area contributed by atoms with Gasteiger partial charge >= 0.3 is 0 Å². The van der Waals surface area contributed by atoms with E-state index in [1.54, 1.807) is 11.8 Å². The van der Waals surface area contributed by atoms with Gasteiger partial charge in [0.05, 0.1) is 6.61 Å². The number of nitrogens with two attached hydrogens (primary N) is 1. The summed E-state index contributed by atoms with van der Waals surface area (Å²) < 4.78 is 0. The second-order valence-electron chi connectivity index (χ2n) is 4.48. The van der Waals surface area contributed by atoms with Crippen LogP contribution in [0.4, 0.5) is 0 Å². The van der Waals surface area contributed by atoms with Crippen molar-refractivity contribution in [1.29, 1.82) is 0 Å². The number of aliphatic hydroxyl groups is 1. The summed E-state index contributed by atoms with van der Waals surface area (Å²) in [6.45, 7) is 6.47. The Morgan fingerprint density at radius 2 is 2.00 bits per heavy atom. The molecule has 2 nitrogen and oxygen atoms in total. The van der Waals surface area contributed by atoms with Crippen LogP contribution in [0, 0.1) is 6.92 Å². The maximum Gasteiger partial charge on any atom is 0.0547 e. The van der Waals surface area contributed by atoms with Gasteiger partial charge in [-0.05, 0) is 24.5 Å². The monoisotopic (exact) mass is 253 g/mol. The van der Waals surface area contributed by atoms with Gasteiger partial charge < -0.3 is 10.8 Å². The van der Waals surface area contributed by atoms with E-state index in [1.165, 1.54) is 11.1 Å². The molecule has 0 saturated carbocycles. The van der Waals surface area contributed by atoms with Crippen LogP contribution in [0.5, 0.6) is 0 Å². The van der Waals surface area contributed by atoms with E-state index in [2.05, 4.69) is 32.0 Å². The van der Waals surface area contributed by atoms with E-state index in [9.17, 15) is 5.11 Å².